The number of methoxy groups -OCH3 is 1. The zero-order chi connectivity index (χ0) is 25.3. The van der Waals surface area contributed by atoms with E-state index < -0.39 is 17.8 Å². The van der Waals surface area contributed by atoms with Crippen LogP contribution in [0.15, 0.2) is 30.3 Å². The second kappa shape index (κ2) is 9.77. The number of anilines is 2. The Morgan fingerprint density at radius 1 is 1.17 bits per heavy atom. The number of likely N-dealkylation sites (tertiary alicyclic amines) is 1. The fraction of sp³-hybridized carbons (Fsp3) is 0.440. The van der Waals surface area contributed by atoms with Crippen molar-refractivity contribution in [3.05, 3.63) is 47.3 Å². The largest absolute Gasteiger partial charge is 0.493 e. The van der Waals surface area contributed by atoms with E-state index in [1.807, 2.05) is 6.07 Å². The van der Waals surface area contributed by atoms with Gasteiger partial charge in [0, 0.05) is 23.2 Å². The van der Waals surface area contributed by atoms with E-state index >= 15 is 0 Å². The third kappa shape index (κ3) is 5.53. The molecule has 10 heteroatoms. The van der Waals surface area contributed by atoms with Crippen molar-refractivity contribution in [1.29, 1.82) is 0 Å². The van der Waals surface area contributed by atoms with Crippen molar-refractivity contribution >= 4 is 22.4 Å². The maximum absolute atomic E-state index is 13.3. The van der Waals surface area contributed by atoms with Crippen molar-refractivity contribution in [1.82, 2.24) is 14.9 Å². The van der Waals surface area contributed by atoms with Crippen molar-refractivity contribution in [3.63, 3.8) is 0 Å². The molecule has 1 saturated heterocycles. The second-order valence-electron chi connectivity index (χ2n) is 8.98. The summed E-state index contributed by atoms with van der Waals surface area (Å²) in [4.78, 5) is 11.3. The van der Waals surface area contributed by atoms with Gasteiger partial charge >= 0.3 is 6.18 Å². The fourth-order valence-electron chi connectivity index (χ4n) is 4.39. The van der Waals surface area contributed by atoms with Gasteiger partial charge in [0.25, 0.3) is 0 Å². The lowest BCUT2D eigenvalue weighted by atomic mass is 10.0. The number of nitrogens with zero attached hydrogens (tertiary/aromatic N) is 3. The summed E-state index contributed by atoms with van der Waals surface area (Å²) in [5.41, 5.74) is 6.05. The van der Waals surface area contributed by atoms with Gasteiger partial charge in [0.05, 0.1) is 24.2 Å². The van der Waals surface area contributed by atoms with Crippen LogP contribution in [0.4, 0.5) is 24.7 Å². The average Bonchev–Trinajstić information content (AvgIpc) is 3.20. The average molecular weight is 490 g/mol. The summed E-state index contributed by atoms with van der Waals surface area (Å²) in [6.07, 6.45) is -2.28. The summed E-state index contributed by atoms with van der Waals surface area (Å²) in [5, 5.41) is 3.92. The van der Waals surface area contributed by atoms with Crippen LogP contribution in [0.1, 0.15) is 42.8 Å². The Morgan fingerprint density at radius 2 is 1.94 bits per heavy atom. The van der Waals surface area contributed by atoms with Gasteiger partial charge < -0.3 is 25.4 Å². The Morgan fingerprint density at radius 3 is 2.60 bits per heavy atom. The molecule has 1 unspecified atom stereocenters. The number of ether oxygens (including phenoxy) is 2. The summed E-state index contributed by atoms with van der Waals surface area (Å²) in [7, 11) is 3.66. The molecule has 0 bridgehead atoms. The zero-order valence-corrected chi connectivity index (χ0v) is 20.2. The molecule has 0 saturated carbocycles. The third-order valence-corrected chi connectivity index (χ3v) is 6.35. The van der Waals surface area contributed by atoms with Crippen LogP contribution in [-0.2, 0) is 6.18 Å². The molecule has 7 nitrogen and oxygen atoms in total. The quantitative estimate of drug-likeness (QED) is 0.442. The predicted octanol–water partition coefficient (Wildman–Crippen LogP) is 5.19. The maximum atomic E-state index is 13.3. The zero-order valence-electron chi connectivity index (χ0n) is 20.2. The molecule has 0 spiro atoms. The van der Waals surface area contributed by atoms with E-state index in [4.69, 9.17) is 15.2 Å². The molecule has 2 atom stereocenters. The molecule has 1 aromatic heterocycles. The van der Waals surface area contributed by atoms with Crippen molar-refractivity contribution in [2.75, 3.05) is 38.4 Å². The SMILES string of the molecule is COc1cc2nc(C)nc(N[C@H](C)c3cc(N)cc(C(F)(F)F)c3)c2cc1OCC1CCCN1C. The number of rotatable bonds is 7. The number of benzene rings is 2. The van der Waals surface area contributed by atoms with Gasteiger partial charge in [0.1, 0.15) is 18.2 Å². The lowest BCUT2D eigenvalue weighted by Gasteiger charge is -2.22. The second-order valence-corrected chi connectivity index (χ2v) is 8.98. The normalized spacial score (nSPS) is 17.5. The molecule has 1 aliphatic rings. The van der Waals surface area contributed by atoms with E-state index in [1.165, 1.54) is 6.07 Å². The number of nitrogens with two attached hydrogens (primary N) is 1. The van der Waals surface area contributed by atoms with E-state index in [0.29, 0.717) is 52.3 Å². The Bertz CT molecular complexity index is 1220. The van der Waals surface area contributed by atoms with Crippen LogP contribution in [0.25, 0.3) is 10.9 Å². The van der Waals surface area contributed by atoms with Gasteiger partial charge in [0.15, 0.2) is 11.5 Å². The summed E-state index contributed by atoms with van der Waals surface area (Å²) in [6.45, 7) is 5.08. The molecule has 4 rings (SSSR count). The van der Waals surface area contributed by atoms with E-state index in [2.05, 4.69) is 27.2 Å². The molecule has 3 aromatic rings. The van der Waals surface area contributed by atoms with E-state index in [1.54, 1.807) is 27.0 Å². The number of likely N-dealkylation sites (N-methyl/N-ethyl adjacent to an activating group) is 1. The molecule has 3 N–H and O–H groups in total. The highest BCUT2D eigenvalue weighted by atomic mass is 19.4. The lowest BCUT2D eigenvalue weighted by Crippen LogP contribution is -2.30. The summed E-state index contributed by atoms with van der Waals surface area (Å²) < 4.78 is 51.6. The van der Waals surface area contributed by atoms with Crippen molar-refractivity contribution in [2.45, 2.75) is 44.9 Å². The molecule has 2 aromatic carbocycles. The predicted molar refractivity (Wildman–Crippen MR) is 130 cm³/mol. The third-order valence-electron chi connectivity index (χ3n) is 6.35. The standard InChI is InChI=1S/C25H30F3N5O2/c1-14(16-8-17(25(26,27)28)10-18(29)9-16)30-24-20-11-23(35-13-19-6-5-7-33(19)3)22(34-4)12-21(20)31-15(2)32-24/h8-12,14,19H,5-7,13,29H2,1-4H3,(H,30,31,32)/t14-,19?/m1/s1. The molecule has 0 radical (unpaired) electrons. The fourth-order valence-corrected chi connectivity index (χ4v) is 4.39. The number of nitrogens with one attached hydrogen (secondary N) is 1. The van der Waals surface area contributed by atoms with Gasteiger partial charge in [-0.15, -0.1) is 0 Å². The van der Waals surface area contributed by atoms with Gasteiger partial charge in [-0.3, -0.25) is 0 Å². The molecule has 0 amide bonds. The van der Waals surface area contributed by atoms with Crippen molar-refractivity contribution < 1.29 is 22.6 Å². The topological polar surface area (TPSA) is 85.5 Å². The Hall–Kier alpha value is -3.27. The molecular formula is C25H30F3N5O2. The highest BCUT2D eigenvalue weighted by Crippen LogP contribution is 2.37. The maximum Gasteiger partial charge on any atom is 0.416 e. The monoisotopic (exact) mass is 489 g/mol. The minimum atomic E-state index is -4.49. The van der Waals surface area contributed by atoms with Gasteiger partial charge in [-0.25, -0.2) is 9.97 Å². The Labute approximate surface area is 202 Å². The summed E-state index contributed by atoms with van der Waals surface area (Å²) in [5.74, 6) is 2.12. The summed E-state index contributed by atoms with van der Waals surface area (Å²) >= 11 is 0. The number of nitrogen functional groups attached to an aromatic ring is 1. The highest BCUT2D eigenvalue weighted by Gasteiger charge is 2.31. The number of hydrogen-bond donors (Lipinski definition) is 2. The molecular weight excluding hydrogens is 459 g/mol. The van der Waals surface area contributed by atoms with Crippen LogP contribution >= 0.6 is 0 Å². The van der Waals surface area contributed by atoms with Gasteiger partial charge in [-0.2, -0.15) is 13.2 Å². The van der Waals surface area contributed by atoms with Crippen LogP contribution in [0.3, 0.4) is 0 Å². The van der Waals surface area contributed by atoms with Crippen LogP contribution in [0.2, 0.25) is 0 Å². The molecule has 35 heavy (non-hydrogen) atoms. The number of aromatic nitrogens is 2. The molecule has 188 valence electrons. The Kier molecular flexibility index (Phi) is 6.93. The molecule has 1 aliphatic heterocycles. The number of hydrogen-bond acceptors (Lipinski definition) is 7. The Balaban J connectivity index is 1.67. The highest BCUT2D eigenvalue weighted by molar-refractivity contribution is 5.92. The minimum Gasteiger partial charge on any atom is -0.493 e. The summed E-state index contributed by atoms with van der Waals surface area (Å²) in [6, 6.07) is 6.98. The van der Waals surface area contributed by atoms with E-state index in [9.17, 15) is 13.2 Å². The van der Waals surface area contributed by atoms with Gasteiger partial charge in [0.2, 0.25) is 0 Å². The first kappa shape index (κ1) is 24.8. The molecule has 0 aliphatic carbocycles. The van der Waals surface area contributed by atoms with E-state index in [-0.39, 0.29) is 5.69 Å². The van der Waals surface area contributed by atoms with Crippen LogP contribution in [0.5, 0.6) is 11.5 Å². The van der Waals surface area contributed by atoms with Crippen LogP contribution in [-0.4, -0.2) is 48.2 Å². The first-order valence-corrected chi connectivity index (χ1v) is 11.5. The first-order chi connectivity index (χ1) is 16.5. The lowest BCUT2D eigenvalue weighted by molar-refractivity contribution is -0.137. The van der Waals surface area contributed by atoms with Crippen LogP contribution < -0.4 is 20.5 Å². The smallest absolute Gasteiger partial charge is 0.416 e. The van der Waals surface area contributed by atoms with Crippen molar-refractivity contribution in [2.24, 2.45) is 0 Å². The van der Waals surface area contributed by atoms with E-state index in [0.717, 1.165) is 31.5 Å². The van der Waals surface area contributed by atoms with Gasteiger partial charge in [-0.05, 0) is 70.1 Å². The molecule has 2 heterocycles. The molecule has 1 fully saturated rings. The number of alkyl halides is 3. The minimum absolute atomic E-state index is 0.0458. The van der Waals surface area contributed by atoms with Crippen LogP contribution in [0, 0.1) is 6.92 Å². The number of aryl methyl sites for hydroxylation is 1. The number of halogens is 3. The first-order valence-electron chi connectivity index (χ1n) is 11.5. The van der Waals surface area contributed by atoms with Gasteiger partial charge in [-0.1, -0.05) is 0 Å². The van der Waals surface area contributed by atoms with Crippen molar-refractivity contribution in [3.8, 4) is 11.5 Å². The number of fused-ring (bicyclic) bond motifs is 1.